The molecular weight excluding hydrogens is 282 g/mol. The van der Waals surface area contributed by atoms with Gasteiger partial charge in [-0.1, -0.05) is 6.92 Å². The molecule has 2 aromatic rings. The van der Waals surface area contributed by atoms with Gasteiger partial charge in [0.25, 0.3) is 5.91 Å². The van der Waals surface area contributed by atoms with Crippen molar-refractivity contribution < 1.29 is 4.79 Å². The predicted octanol–water partition coefficient (Wildman–Crippen LogP) is 3.15. The predicted molar refractivity (Wildman–Crippen MR) is 89.7 cm³/mol. The molecule has 2 unspecified atom stereocenters. The second-order valence-electron chi connectivity index (χ2n) is 5.57. The van der Waals surface area contributed by atoms with Crippen molar-refractivity contribution in [2.75, 3.05) is 11.5 Å². The van der Waals surface area contributed by atoms with Gasteiger partial charge in [-0.2, -0.15) is 11.8 Å². The van der Waals surface area contributed by atoms with Gasteiger partial charge in [-0.3, -0.25) is 4.79 Å². The minimum atomic E-state index is 0.0122. The van der Waals surface area contributed by atoms with Gasteiger partial charge in [-0.05, 0) is 43.2 Å². The zero-order chi connectivity index (χ0) is 14.8. The van der Waals surface area contributed by atoms with Gasteiger partial charge in [0.2, 0.25) is 0 Å². The zero-order valence-corrected chi connectivity index (χ0v) is 13.0. The molecule has 1 aliphatic rings. The number of thioether (sulfide) groups is 1. The summed E-state index contributed by atoms with van der Waals surface area (Å²) in [6.45, 7) is 2.19. The van der Waals surface area contributed by atoms with E-state index in [1.807, 2.05) is 30.0 Å². The highest BCUT2D eigenvalue weighted by Gasteiger charge is 2.26. The van der Waals surface area contributed by atoms with Crippen molar-refractivity contribution in [3.05, 3.63) is 30.0 Å². The molecule has 21 heavy (non-hydrogen) atoms. The minimum Gasteiger partial charge on any atom is -0.399 e. The van der Waals surface area contributed by atoms with Crippen LogP contribution in [0.2, 0.25) is 0 Å². The van der Waals surface area contributed by atoms with Gasteiger partial charge < -0.3 is 16.0 Å². The number of rotatable bonds is 4. The summed E-state index contributed by atoms with van der Waals surface area (Å²) in [7, 11) is 0. The smallest absolute Gasteiger partial charge is 0.253 e. The first-order chi connectivity index (χ1) is 10.2. The van der Waals surface area contributed by atoms with E-state index >= 15 is 0 Å². The van der Waals surface area contributed by atoms with Crippen LogP contribution in [0.1, 0.15) is 36.5 Å². The van der Waals surface area contributed by atoms with Gasteiger partial charge >= 0.3 is 0 Å². The number of hydrogen-bond donors (Lipinski definition) is 3. The lowest BCUT2D eigenvalue weighted by Gasteiger charge is -2.12. The second kappa shape index (κ2) is 6.02. The van der Waals surface area contributed by atoms with E-state index in [0.717, 1.165) is 29.5 Å². The van der Waals surface area contributed by atoms with Crippen molar-refractivity contribution in [3.63, 3.8) is 0 Å². The van der Waals surface area contributed by atoms with Crippen LogP contribution >= 0.6 is 11.8 Å². The number of H-pyrrole nitrogens is 1. The number of nitrogens with two attached hydrogens (primary N) is 1. The molecule has 1 fully saturated rings. The van der Waals surface area contributed by atoms with Crippen LogP contribution in [0.5, 0.6) is 0 Å². The van der Waals surface area contributed by atoms with Gasteiger partial charge in [0.15, 0.2) is 0 Å². The van der Waals surface area contributed by atoms with E-state index in [1.165, 1.54) is 6.42 Å². The van der Waals surface area contributed by atoms with E-state index in [2.05, 4.69) is 17.2 Å². The van der Waals surface area contributed by atoms with Crippen molar-refractivity contribution in [3.8, 4) is 0 Å². The maximum atomic E-state index is 12.5. The summed E-state index contributed by atoms with van der Waals surface area (Å²) < 4.78 is 0. The number of aromatic amines is 1. The molecule has 0 spiro atoms. The summed E-state index contributed by atoms with van der Waals surface area (Å²) in [5.41, 5.74) is 8.08. The average molecular weight is 303 g/mol. The summed E-state index contributed by atoms with van der Waals surface area (Å²) in [4.78, 5) is 15.6. The van der Waals surface area contributed by atoms with E-state index in [-0.39, 0.29) is 5.91 Å². The number of fused-ring (bicyclic) bond motifs is 1. The van der Waals surface area contributed by atoms with Gasteiger partial charge in [0, 0.05) is 34.1 Å². The highest BCUT2D eigenvalue weighted by molar-refractivity contribution is 7.99. The monoisotopic (exact) mass is 303 g/mol. The van der Waals surface area contributed by atoms with E-state index < -0.39 is 0 Å². The molecule has 1 aromatic carbocycles. The van der Waals surface area contributed by atoms with Gasteiger partial charge in [-0.25, -0.2) is 0 Å². The highest BCUT2D eigenvalue weighted by atomic mass is 32.2. The first-order valence-corrected chi connectivity index (χ1v) is 8.51. The number of amides is 1. The van der Waals surface area contributed by atoms with Crippen LogP contribution in [-0.4, -0.2) is 27.9 Å². The SMILES string of the molecule is CCSC1CCC(NC(=O)c2c[nH]c3cc(N)ccc23)C1. The number of carbonyl (C=O) groups is 1. The molecule has 0 aliphatic heterocycles. The first-order valence-electron chi connectivity index (χ1n) is 7.46. The van der Waals surface area contributed by atoms with Crippen molar-refractivity contribution in [2.24, 2.45) is 0 Å². The summed E-state index contributed by atoms with van der Waals surface area (Å²) in [5, 5.41) is 4.80. The zero-order valence-electron chi connectivity index (χ0n) is 12.2. The second-order valence-corrected chi connectivity index (χ2v) is 7.15. The fraction of sp³-hybridized carbons (Fsp3) is 0.438. The number of nitrogen functional groups attached to an aromatic ring is 1. The summed E-state index contributed by atoms with van der Waals surface area (Å²) in [6, 6.07) is 5.90. The third-order valence-electron chi connectivity index (χ3n) is 4.07. The van der Waals surface area contributed by atoms with Gasteiger partial charge in [-0.15, -0.1) is 0 Å². The van der Waals surface area contributed by atoms with E-state index in [9.17, 15) is 4.79 Å². The Labute approximate surface area is 128 Å². The Hall–Kier alpha value is -1.62. The Morgan fingerprint density at radius 3 is 3.14 bits per heavy atom. The van der Waals surface area contributed by atoms with Crippen LogP contribution in [0.3, 0.4) is 0 Å². The standard InChI is InChI=1S/C16H21N3OS/c1-2-21-12-5-4-11(8-12)19-16(20)14-9-18-15-7-10(17)3-6-13(14)15/h3,6-7,9,11-12,18H,2,4-5,8,17H2,1H3,(H,19,20). The molecule has 1 saturated carbocycles. The Morgan fingerprint density at radius 2 is 2.33 bits per heavy atom. The van der Waals surface area contributed by atoms with Crippen LogP contribution in [0.25, 0.3) is 10.9 Å². The molecule has 1 amide bonds. The third kappa shape index (κ3) is 3.02. The molecule has 3 rings (SSSR count). The summed E-state index contributed by atoms with van der Waals surface area (Å²) in [5.74, 6) is 1.16. The molecule has 0 saturated heterocycles. The van der Waals surface area contributed by atoms with Crippen LogP contribution in [-0.2, 0) is 0 Å². The number of nitrogens with one attached hydrogen (secondary N) is 2. The normalized spacial score (nSPS) is 21.8. The largest absolute Gasteiger partial charge is 0.399 e. The number of aromatic nitrogens is 1. The van der Waals surface area contributed by atoms with Crippen LogP contribution in [0.4, 0.5) is 5.69 Å². The van der Waals surface area contributed by atoms with E-state index in [0.29, 0.717) is 22.5 Å². The Kier molecular flexibility index (Phi) is 4.10. The lowest BCUT2D eigenvalue weighted by Crippen LogP contribution is -2.33. The lowest BCUT2D eigenvalue weighted by molar-refractivity contribution is 0.0939. The van der Waals surface area contributed by atoms with Crippen LogP contribution in [0, 0.1) is 0 Å². The van der Waals surface area contributed by atoms with Gasteiger partial charge in [0.1, 0.15) is 0 Å². The van der Waals surface area contributed by atoms with Crippen molar-refractivity contribution >= 4 is 34.3 Å². The molecule has 1 aliphatic carbocycles. The van der Waals surface area contributed by atoms with Crippen molar-refractivity contribution in [1.82, 2.24) is 10.3 Å². The highest BCUT2D eigenvalue weighted by Crippen LogP contribution is 2.30. The summed E-state index contributed by atoms with van der Waals surface area (Å²) in [6.07, 6.45) is 5.14. The van der Waals surface area contributed by atoms with Crippen LogP contribution < -0.4 is 11.1 Å². The molecule has 1 aromatic heterocycles. The van der Waals surface area contributed by atoms with Crippen LogP contribution in [0.15, 0.2) is 24.4 Å². The Balaban J connectivity index is 1.70. The maximum absolute atomic E-state index is 12.5. The molecule has 0 radical (unpaired) electrons. The Bertz CT molecular complexity index is 652. The number of anilines is 1. The number of hydrogen-bond acceptors (Lipinski definition) is 3. The average Bonchev–Trinajstić information content (AvgIpc) is 3.05. The van der Waals surface area contributed by atoms with Gasteiger partial charge in [0.05, 0.1) is 5.56 Å². The van der Waals surface area contributed by atoms with E-state index in [4.69, 9.17) is 5.73 Å². The topological polar surface area (TPSA) is 70.9 Å². The van der Waals surface area contributed by atoms with E-state index in [1.54, 1.807) is 6.20 Å². The minimum absolute atomic E-state index is 0.0122. The molecule has 2 atom stereocenters. The molecular formula is C16H21N3OS. The number of benzene rings is 1. The first kappa shape index (κ1) is 14.3. The molecule has 5 heteroatoms. The molecule has 4 N–H and O–H groups in total. The quantitative estimate of drug-likeness (QED) is 0.760. The van der Waals surface area contributed by atoms with Crippen molar-refractivity contribution in [2.45, 2.75) is 37.5 Å². The maximum Gasteiger partial charge on any atom is 0.253 e. The molecule has 0 bridgehead atoms. The molecule has 112 valence electrons. The molecule has 4 nitrogen and oxygen atoms in total. The third-order valence-corrected chi connectivity index (χ3v) is 5.31. The van der Waals surface area contributed by atoms with Crippen molar-refractivity contribution in [1.29, 1.82) is 0 Å². The fourth-order valence-electron chi connectivity index (χ4n) is 3.05. The lowest BCUT2D eigenvalue weighted by atomic mass is 10.1. The number of carbonyl (C=O) groups excluding carboxylic acids is 1. The molecule has 1 heterocycles. The Morgan fingerprint density at radius 1 is 1.48 bits per heavy atom. The fourth-order valence-corrected chi connectivity index (χ4v) is 4.20. The summed E-state index contributed by atoms with van der Waals surface area (Å²) >= 11 is 2.00.